The van der Waals surface area contributed by atoms with Crippen molar-refractivity contribution in [1.29, 1.82) is 0 Å². The summed E-state index contributed by atoms with van der Waals surface area (Å²) in [6.07, 6.45) is 5.29. The molecule has 1 aliphatic carbocycles. The fraction of sp³-hybridized carbons (Fsp3) is 0.478. The van der Waals surface area contributed by atoms with Gasteiger partial charge in [0.15, 0.2) is 5.90 Å². The van der Waals surface area contributed by atoms with Gasteiger partial charge >= 0.3 is 0 Å². The minimum atomic E-state index is 0.114. The number of hydrogen-bond acceptors (Lipinski definition) is 7. The van der Waals surface area contributed by atoms with Gasteiger partial charge in [-0.05, 0) is 51.3 Å². The third kappa shape index (κ3) is 3.49. The van der Waals surface area contributed by atoms with Gasteiger partial charge in [-0.1, -0.05) is 0 Å². The summed E-state index contributed by atoms with van der Waals surface area (Å²) in [6, 6.07) is 8.28. The first-order chi connectivity index (χ1) is 15.1. The number of ether oxygens (including phenoxy) is 2. The quantitative estimate of drug-likeness (QED) is 0.681. The third-order valence-corrected chi connectivity index (χ3v) is 6.14. The molecule has 2 fully saturated rings. The molecule has 2 unspecified atom stereocenters. The van der Waals surface area contributed by atoms with Gasteiger partial charge in [-0.3, -0.25) is 5.10 Å². The molecule has 0 amide bonds. The highest BCUT2D eigenvalue weighted by molar-refractivity contribution is 5.93. The molecule has 160 valence electrons. The van der Waals surface area contributed by atoms with Crippen molar-refractivity contribution < 1.29 is 9.47 Å². The summed E-state index contributed by atoms with van der Waals surface area (Å²) in [5.41, 5.74) is 2.55. The molecule has 8 nitrogen and oxygen atoms in total. The average Bonchev–Trinajstić information content (AvgIpc) is 3.40. The van der Waals surface area contributed by atoms with E-state index in [1.807, 2.05) is 38.1 Å². The predicted octanol–water partition coefficient (Wildman–Crippen LogP) is 3.59. The molecule has 2 atom stereocenters. The van der Waals surface area contributed by atoms with Crippen LogP contribution < -0.4 is 9.64 Å². The SMILES string of the molecule is CC(C)Oc1ccc2[nH]nc(-c3cc(N4CCC5N=C(C6CC6)OC5C4)ncn3)c2c1. The summed E-state index contributed by atoms with van der Waals surface area (Å²) in [5, 5.41) is 8.62. The third-order valence-electron chi connectivity index (χ3n) is 6.14. The Balaban J connectivity index is 1.26. The molecule has 1 N–H and O–H groups in total. The van der Waals surface area contributed by atoms with Crippen molar-refractivity contribution >= 4 is 22.6 Å². The van der Waals surface area contributed by atoms with Gasteiger partial charge in [0.1, 0.15) is 29.7 Å². The van der Waals surface area contributed by atoms with Crippen LogP contribution in [0, 0.1) is 5.92 Å². The standard InChI is InChI=1S/C23H26N6O2/c1-13(2)30-15-5-6-17-16(9-15)22(28-27-17)19-10-21(25-12-24-19)29-8-7-18-20(11-29)31-23(26-18)14-3-4-14/h5-6,9-10,12-14,18,20H,3-4,7-8,11H2,1-2H3,(H,27,28). The molecule has 8 heteroatoms. The van der Waals surface area contributed by atoms with Crippen LogP contribution in [-0.2, 0) is 4.74 Å². The molecule has 2 aromatic heterocycles. The van der Waals surface area contributed by atoms with Crippen LogP contribution in [0.15, 0.2) is 35.6 Å². The van der Waals surface area contributed by atoms with E-state index in [2.05, 4.69) is 25.1 Å². The van der Waals surface area contributed by atoms with Crippen LogP contribution in [0.25, 0.3) is 22.3 Å². The molecule has 1 aromatic carbocycles. The first-order valence-electron chi connectivity index (χ1n) is 11.1. The maximum atomic E-state index is 6.18. The topological polar surface area (TPSA) is 88.5 Å². The van der Waals surface area contributed by atoms with Crippen molar-refractivity contribution in [1.82, 2.24) is 20.2 Å². The first kappa shape index (κ1) is 18.6. The number of H-pyrrole nitrogens is 1. The van der Waals surface area contributed by atoms with Crippen LogP contribution in [0.2, 0.25) is 0 Å². The number of hydrogen-bond donors (Lipinski definition) is 1. The van der Waals surface area contributed by atoms with Crippen molar-refractivity contribution in [2.24, 2.45) is 10.9 Å². The van der Waals surface area contributed by atoms with Crippen LogP contribution in [-0.4, -0.2) is 57.4 Å². The van der Waals surface area contributed by atoms with E-state index in [4.69, 9.17) is 14.5 Å². The summed E-state index contributed by atoms with van der Waals surface area (Å²) in [7, 11) is 0. The van der Waals surface area contributed by atoms with E-state index >= 15 is 0 Å². The lowest BCUT2D eigenvalue weighted by Crippen LogP contribution is -2.45. The number of nitrogens with one attached hydrogen (secondary N) is 1. The number of nitrogens with zero attached hydrogens (tertiary/aromatic N) is 5. The van der Waals surface area contributed by atoms with Crippen molar-refractivity contribution in [3.63, 3.8) is 0 Å². The van der Waals surface area contributed by atoms with E-state index in [9.17, 15) is 0 Å². The van der Waals surface area contributed by atoms with E-state index in [1.165, 1.54) is 12.8 Å². The molecule has 3 aliphatic rings. The Kier molecular flexibility index (Phi) is 4.33. The zero-order chi connectivity index (χ0) is 20.9. The van der Waals surface area contributed by atoms with E-state index in [0.29, 0.717) is 12.0 Å². The largest absolute Gasteiger partial charge is 0.491 e. The fourth-order valence-corrected chi connectivity index (χ4v) is 4.44. The van der Waals surface area contributed by atoms with Crippen molar-refractivity contribution in [3.05, 3.63) is 30.6 Å². The Bertz CT molecular complexity index is 1150. The second kappa shape index (κ2) is 7.21. The Labute approximate surface area is 180 Å². The van der Waals surface area contributed by atoms with Gasteiger partial charge in [0.2, 0.25) is 0 Å². The molecule has 1 saturated carbocycles. The molecular weight excluding hydrogens is 392 g/mol. The Morgan fingerprint density at radius 1 is 1.16 bits per heavy atom. The molecule has 4 heterocycles. The van der Waals surface area contributed by atoms with Crippen molar-refractivity contribution in [2.45, 2.75) is 51.4 Å². The van der Waals surface area contributed by atoms with E-state index in [-0.39, 0.29) is 12.2 Å². The van der Waals surface area contributed by atoms with Gasteiger partial charge in [0, 0.05) is 23.9 Å². The maximum absolute atomic E-state index is 6.18. The second-order valence-corrected chi connectivity index (χ2v) is 8.91. The van der Waals surface area contributed by atoms with Crippen LogP contribution in [0.5, 0.6) is 5.75 Å². The van der Waals surface area contributed by atoms with Gasteiger partial charge in [0.05, 0.1) is 29.9 Å². The Morgan fingerprint density at radius 2 is 2.06 bits per heavy atom. The number of benzene rings is 1. The lowest BCUT2D eigenvalue weighted by molar-refractivity contribution is 0.172. The lowest BCUT2D eigenvalue weighted by atomic mass is 10.0. The summed E-state index contributed by atoms with van der Waals surface area (Å²) < 4.78 is 12.0. The van der Waals surface area contributed by atoms with E-state index in [0.717, 1.165) is 59.3 Å². The highest BCUT2D eigenvalue weighted by Crippen LogP contribution is 2.37. The number of aromatic nitrogens is 4. The number of fused-ring (bicyclic) bond motifs is 2. The number of aromatic amines is 1. The number of rotatable bonds is 5. The Morgan fingerprint density at radius 3 is 2.90 bits per heavy atom. The highest BCUT2D eigenvalue weighted by atomic mass is 16.5. The van der Waals surface area contributed by atoms with E-state index in [1.54, 1.807) is 6.33 Å². The van der Waals surface area contributed by atoms with Crippen LogP contribution in [0.4, 0.5) is 5.82 Å². The summed E-state index contributed by atoms with van der Waals surface area (Å²) in [4.78, 5) is 16.2. The second-order valence-electron chi connectivity index (χ2n) is 8.91. The summed E-state index contributed by atoms with van der Waals surface area (Å²) >= 11 is 0. The lowest BCUT2D eigenvalue weighted by Gasteiger charge is -2.33. The molecule has 1 saturated heterocycles. The minimum Gasteiger partial charge on any atom is -0.491 e. The number of piperidine rings is 1. The smallest absolute Gasteiger partial charge is 0.187 e. The molecule has 31 heavy (non-hydrogen) atoms. The highest BCUT2D eigenvalue weighted by Gasteiger charge is 2.41. The fourth-order valence-electron chi connectivity index (χ4n) is 4.44. The van der Waals surface area contributed by atoms with Gasteiger partial charge in [-0.2, -0.15) is 5.10 Å². The van der Waals surface area contributed by atoms with Gasteiger partial charge in [-0.15, -0.1) is 0 Å². The zero-order valence-electron chi connectivity index (χ0n) is 17.8. The van der Waals surface area contributed by atoms with Crippen molar-refractivity contribution in [3.8, 4) is 17.1 Å². The molecular formula is C23H26N6O2. The average molecular weight is 419 g/mol. The van der Waals surface area contributed by atoms with Gasteiger partial charge in [0.25, 0.3) is 0 Å². The number of aliphatic imine (C=N–C) groups is 1. The summed E-state index contributed by atoms with van der Waals surface area (Å²) in [6.45, 7) is 5.75. The predicted molar refractivity (Wildman–Crippen MR) is 119 cm³/mol. The molecule has 6 rings (SSSR count). The molecule has 0 spiro atoms. The van der Waals surface area contributed by atoms with E-state index < -0.39 is 0 Å². The molecule has 0 bridgehead atoms. The minimum absolute atomic E-state index is 0.114. The monoisotopic (exact) mass is 418 g/mol. The van der Waals surface area contributed by atoms with Crippen LogP contribution in [0.3, 0.4) is 0 Å². The molecule has 0 radical (unpaired) electrons. The Hall–Kier alpha value is -3.16. The number of anilines is 1. The zero-order valence-corrected chi connectivity index (χ0v) is 17.8. The van der Waals surface area contributed by atoms with Gasteiger partial charge < -0.3 is 14.4 Å². The van der Waals surface area contributed by atoms with Gasteiger partial charge in [-0.25, -0.2) is 15.0 Å². The molecule has 3 aromatic rings. The van der Waals surface area contributed by atoms with Crippen LogP contribution >= 0.6 is 0 Å². The molecule has 2 aliphatic heterocycles. The summed E-state index contributed by atoms with van der Waals surface area (Å²) in [5.74, 6) is 3.29. The normalized spacial score (nSPS) is 23.1. The van der Waals surface area contributed by atoms with Crippen molar-refractivity contribution in [2.75, 3.05) is 18.0 Å². The van der Waals surface area contributed by atoms with Crippen LogP contribution in [0.1, 0.15) is 33.1 Å². The maximum Gasteiger partial charge on any atom is 0.187 e. The first-order valence-corrected chi connectivity index (χ1v) is 11.1.